The van der Waals surface area contributed by atoms with Gasteiger partial charge >= 0.3 is 18.9 Å². The summed E-state index contributed by atoms with van der Waals surface area (Å²) in [5.41, 5.74) is 1.67. The van der Waals surface area contributed by atoms with Crippen LogP contribution in [0.1, 0.15) is 37.7 Å². The van der Waals surface area contributed by atoms with E-state index in [1.165, 1.54) is 0 Å². The summed E-state index contributed by atoms with van der Waals surface area (Å²) in [6, 6.07) is 5.53. The summed E-state index contributed by atoms with van der Waals surface area (Å²) in [5, 5.41) is 10.6. The molecule has 1 saturated carbocycles. The number of carbonyl (C=O) groups excluding carboxylic acids is 1. The Morgan fingerprint density at radius 1 is 1.45 bits per heavy atom. The van der Waals surface area contributed by atoms with E-state index in [4.69, 9.17) is 0 Å². The van der Waals surface area contributed by atoms with Gasteiger partial charge in [0.2, 0.25) is 0 Å². The van der Waals surface area contributed by atoms with E-state index < -0.39 is 5.97 Å². The molecule has 102 valence electrons. The summed E-state index contributed by atoms with van der Waals surface area (Å²) in [5.74, 6) is -0.618. The largest absolute Gasteiger partial charge is 1.00 e. The van der Waals surface area contributed by atoms with Crippen molar-refractivity contribution in [3.05, 3.63) is 29.6 Å². The fourth-order valence-electron chi connectivity index (χ4n) is 2.90. The third-order valence-corrected chi connectivity index (χ3v) is 4.37. The van der Waals surface area contributed by atoms with Gasteiger partial charge in [-0.15, -0.1) is 0 Å². The van der Waals surface area contributed by atoms with E-state index in [0.717, 1.165) is 24.1 Å². The van der Waals surface area contributed by atoms with Crippen molar-refractivity contribution in [2.24, 2.45) is 5.92 Å². The topological polar surface area (TPSA) is 43.4 Å². The fraction of sp³-hybridized carbons (Fsp3) is 0.533. The van der Waals surface area contributed by atoms with Gasteiger partial charge in [-0.3, -0.25) is 0 Å². The van der Waals surface area contributed by atoms with Crippen molar-refractivity contribution in [1.82, 2.24) is 0 Å². The van der Waals surface area contributed by atoms with Gasteiger partial charge < -0.3 is 14.8 Å². The van der Waals surface area contributed by atoms with Crippen molar-refractivity contribution in [3.63, 3.8) is 0 Å². The second-order valence-corrected chi connectivity index (χ2v) is 5.71. The van der Waals surface area contributed by atoms with Crippen LogP contribution in [0.4, 0.5) is 10.1 Å². The first-order valence-corrected chi connectivity index (χ1v) is 6.82. The Bertz CT molecular complexity index is 519. The second-order valence-electron chi connectivity index (χ2n) is 5.71. The van der Waals surface area contributed by atoms with Gasteiger partial charge in [-0.05, 0) is 49.8 Å². The first-order valence-electron chi connectivity index (χ1n) is 6.82. The van der Waals surface area contributed by atoms with Gasteiger partial charge in [-0.2, -0.15) is 0 Å². The Morgan fingerprint density at radius 2 is 2.15 bits per heavy atom. The van der Waals surface area contributed by atoms with Crippen LogP contribution in [0.5, 0.6) is 0 Å². The van der Waals surface area contributed by atoms with Gasteiger partial charge in [0, 0.05) is 30.2 Å². The van der Waals surface area contributed by atoms with Crippen molar-refractivity contribution in [3.8, 4) is 0 Å². The molecule has 1 aromatic rings. The van der Waals surface area contributed by atoms with Crippen molar-refractivity contribution >= 4 is 11.7 Å². The number of benzene rings is 1. The summed E-state index contributed by atoms with van der Waals surface area (Å²) in [6.07, 6.45) is 2.26. The van der Waals surface area contributed by atoms with E-state index in [1.807, 2.05) is 24.0 Å². The maximum absolute atomic E-state index is 14.0. The first kappa shape index (κ1) is 15.4. The number of rotatable bonds is 4. The summed E-state index contributed by atoms with van der Waals surface area (Å²) < 4.78 is 14.0. The Balaban J connectivity index is 0.00000147. The molecule has 20 heavy (non-hydrogen) atoms. The standard InChI is InChI=1S/C15H18FNO2.Li/c1-9-11(6-15(18)19)8-17(9)12-4-5-13(10-2-3-10)14(16)7-12;/h4-5,7,9-11H,2-3,6,8H2,1H3,(H,18,19);/q;+1/p-1. The maximum Gasteiger partial charge on any atom is 1.00 e. The van der Waals surface area contributed by atoms with Crippen LogP contribution in [0.25, 0.3) is 0 Å². The smallest absolute Gasteiger partial charge is 0.550 e. The van der Waals surface area contributed by atoms with Crippen molar-refractivity contribution < 1.29 is 33.2 Å². The predicted molar refractivity (Wildman–Crippen MR) is 68.3 cm³/mol. The summed E-state index contributed by atoms with van der Waals surface area (Å²) >= 11 is 0. The number of aliphatic carboxylic acids is 1. The molecule has 1 aromatic carbocycles. The number of hydrogen-bond donors (Lipinski definition) is 0. The average molecular weight is 269 g/mol. The molecule has 0 radical (unpaired) electrons. The van der Waals surface area contributed by atoms with Crippen LogP contribution in [-0.2, 0) is 4.79 Å². The van der Waals surface area contributed by atoms with Gasteiger partial charge in [0.1, 0.15) is 5.82 Å². The number of anilines is 1. The van der Waals surface area contributed by atoms with Crippen LogP contribution in [0.15, 0.2) is 18.2 Å². The van der Waals surface area contributed by atoms with Gasteiger partial charge in [0.15, 0.2) is 0 Å². The molecule has 0 bridgehead atoms. The Hall–Kier alpha value is -0.983. The third-order valence-electron chi connectivity index (χ3n) is 4.37. The first-order chi connectivity index (χ1) is 9.06. The molecule has 0 spiro atoms. The minimum absolute atomic E-state index is 0. The molecule has 2 aliphatic rings. The second kappa shape index (κ2) is 5.79. The molecular weight excluding hydrogens is 252 g/mol. The molecule has 1 aliphatic heterocycles. The molecule has 1 heterocycles. The van der Waals surface area contributed by atoms with Gasteiger partial charge in [-0.1, -0.05) is 6.07 Å². The molecule has 0 N–H and O–H groups in total. The fourth-order valence-corrected chi connectivity index (χ4v) is 2.90. The van der Waals surface area contributed by atoms with Crippen molar-refractivity contribution in [2.75, 3.05) is 11.4 Å². The van der Waals surface area contributed by atoms with Crippen LogP contribution in [-0.4, -0.2) is 18.6 Å². The molecule has 0 aromatic heterocycles. The van der Waals surface area contributed by atoms with Crippen LogP contribution in [0, 0.1) is 11.7 Å². The zero-order chi connectivity index (χ0) is 13.6. The zero-order valence-electron chi connectivity index (χ0n) is 11.9. The van der Waals surface area contributed by atoms with E-state index in [1.54, 1.807) is 6.07 Å². The van der Waals surface area contributed by atoms with E-state index in [2.05, 4.69) is 0 Å². The summed E-state index contributed by atoms with van der Waals surface area (Å²) in [7, 11) is 0. The molecular formula is C15H17FLiNO2. The Labute approximate surface area is 130 Å². The molecule has 1 saturated heterocycles. The average Bonchev–Trinajstić information content (AvgIpc) is 3.17. The van der Waals surface area contributed by atoms with E-state index in [0.29, 0.717) is 12.5 Å². The van der Waals surface area contributed by atoms with Gasteiger partial charge in [-0.25, -0.2) is 4.39 Å². The van der Waals surface area contributed by atoms with Crippen molar-refractivity contribution in [1.29, 1.82) is 0 Å². The van der Waals surface area contributed by atoms with Crippen LogP contribution in [0.2, 0.25) is 0 Å². The Kier molecular flexibility index (Phi) is 4.46. The number of carboxylic acids is 1. The van der Waals surface area contributed by atoms with Crippen LogP contribution < -0.4 is 28.9 Å². The molecule has 2 fully saturated rings. The number of hydrogen-bond acceptors (Lipinski definition) is 3. The number of halogens is 1. The van der Waals surface area contributed by atoms with Crippen LogP contribution in [0.3, 0.4) is 0 Å². The van der Waals surface area contributed by atoms with E-state index in [9.17, 15) is 14.3 Å². The normalized spacial score (nSPS) is 24.8. The molecule has 3 nitrogen and oxygen atoms in total. The van der Waals surface area contributed by atoms with E-state index >= 15 is 0 Å². The quantitative estimate of drug-likeness (QED) is 0.636. The van der Waals surface area contributed by atoms with Gasteiger partial charge in [0.25, 0.3) is 0 Å². The van der Waals surface area contributed by atoms with Crippen LogP contribution >= 0.6 is 0 Å². The number of carboxylic acid groups (broad SMARTS) is 1. The monoisotopic (exact) mass is 269 g/mol. The predicted octanol–water partition coefficient (Wildman–Crippen LogP) is -1.33. The molecule has 1 aliphatic carbocycles. The van der Waals surface area contributed by atoms with Crippen molar-refractivity contribution in [2.45, 2.75) is 38.1 Å². The summed E-state index contributed by atoms with van der Waals surface area (Å²) in [4.78, 5) is 12.6. The molecule has 0 amide bonds. The van der Waals surface area contributed by atoms with E-state index in [-0.39, 0.29) is 43.1 Å². The minimum atomic E-state index is -1.01. The molecule has 2 atom stereocenters. The maximum atomic E-state index is 14.0. The van der Waals surface area contributed by atoms with Gasteiger partial charge in [0.05, 0.1) is 0 Å². The number of carbonyl (C=O) groups is 1. The molecule has 2 unspecified atom stereocenters. The molecule has 3 rings (SSSR count). The molecule has 5 heteroatoms. The SMILES string of the molecule is CC1C(CC(=O)[O-])CN1c1ccc(C2CC2)c(F)c1.[Li+]. The Morgan fingerprint density at radius 3 is 2.65 bits per heavy atom. The summed E-state index contributed by atoms with van der Waals surface area (Å²) in [6.45, 7) is 2.64. The third kappa shape index (κ3) is 2.87. The zero-order valence-corrected chi connectivity index (χ0v) is 11.9. The number of nitrogens with zero attached hydrogens (tertiary/aromatic N) is 1. The minimum Gasteiger partial charge on any atom is -0.550 e.